The molecule has 30 heavy (non-hydrogen) atoms. The third-order valence-electron chi connectivity index (χ3n) is 5.08. The van der Waals surface area contributed by atoms with Crippen molar-refractivity contribution in [1.82, 2.24) is 14.8 Å². The van der Waals surface area contributed by atoms with Gasteiger partial charge in [-0.3, -0.25) is 14.5 Å². The van der Waals surface area contributed by atoms with Crippen LogP contribution in [0.4, 0.5) is 0 Å². The first-order valence-electron chi connectivity index (χ1n) is 9.87. The predicted octanol–water partition coefficient (Wildman–Crippen LogP) is 4.64. The first-order chi connectivity index (χ1) is 14.6. The normalized spacial score (nSPS) is 12.0. The highest BCUT2D eigenvalue weighted by molar-refractivity contribution is 5.79. The van der Waals surface area contributed by atoms with E-state index in [4.69, 9.17) is 9.84 Å². The number of carbonyl (C=O) groups is 1. The minimum atomic E-state index is -0.790. The van der Waals surface area contributed by atoms with Crippen molar-refractivity contribution in [1.29, 1.82) is 0 Å². The first-order valence-corrected chi connectivity index (χ1v) is 9.87. The quantitative estimate of drug-likeness (QED) is 0.465. The Hall–Kier alpha value is -3.67. The third-order valence-corrected chi connectivity index (χ3v) is 5.08. The van der Waals surface area contributed by atoms with Crippen LogP contribution in [0.15, 0.2) is 73.1 Å². The van der Waals surface area contributed by atoms with Gasteiger partial charge in [-0.05, 0) is 53.4 Å². The highest BCUT2D eigenvalue weighted by Crippen LogP contribution is 2.23. The van der Waals surface area contributed by atoms with Crippen LogP contribution in [-0.4, -0.2) is 25.8 Å². The lowest BCUT2D eigenvalue weighted by molar-refractivity contribution is -0.137. The summed E-state index contributed by atoms with van der Waals surface area (Å²) in [6, 6.07) is 19.7. The molecule has 0 fully saturated rings. The number of ether oxygens (including phenoxy) is 1. The Morgan fingerprint density at radius 1 is 1.13 bits per heavy atom. The molecule has 6 heteroatoms. The second-order valence-electron chi connectivity index (χ2n) is 7.37. The molecule has 0 aliphatic heterocycles. The van der Waals surface area contributed by atoms with Crippen LogP contribution in [0.2, 0.25) is 0 Å². The van der Waals surface area contributed by atoms with E-state index in [0.29, 0.717) is 13.2 Å². The van der Waals surface area contributed by atoms with Crippen molar-refractivity contribution < 1.29 is 14.6 Å². The molecule has 1 atom stereocenters. The second-order valence-corrected chi connectivity index (χ2v) is 7.37. The molecule has 0 unspecified atom stereocenters. The molecule has 0 radical (unpaired) electrons. The number of pyridine rings is 1. The van der Waals surface area contributed by atoms with E-state index in [1.165, 1.54) is 0 Å². The number of carboxylic acids is 1. The lowest BCUT2D eigenvalue weighted by Crippen LogP contribution is -2.03. The Balaban J connectivity index is 1.40. The van der Waals surface area contributed by atoms with Gasteiger partial charge in [-0.25, -0.2) is 0 Å². The SMILES string of the molecule is C[C@@H](CC(=O)O)c1ccc(OCc2ccc3c(cnn3Cc3ccccn3)c2)cc1. The Morgan fingerprint density at radius 2 is 1.97 bits per heavy atom. The minimum Gasteiger partial charge on any atom is -0.489 e. The summed E-state index contributed by atoms with van der Waals surface area (Å²) in [5.41, 5.74) is 4.08. The molecule has 0 spiro atoms. The Kier molecular flexibility index (Phi) is 5.75. The fourth-order valence-electron chi connectivity index (χ4n) is 3.44. The van der Waals surface area contributed by atoms with E-state index in [1.54, 1.807) is 6.20 Å². The first kappa shape index (κ1) is 19.6. The average molecular weight is 401 g/mol. The van der Waals surface area contributed by atoms with Crippen molar-refractivity contribution in [3.8, 4) is 5.75 Å². The molecule has 6 nitrogen and oxygen atoms in total. The molecular weight excluding hydrogens is 378 g/mol. The highest BCUT2D eigenvalue weighted by Gasteiger charge is 2.10. The molecule has 2 heterocycles. The van der Waals surface area contributed by atoms with Crippen molar-refractivity contribution in [2.24, 2.45) is 0 Å². The summed E-state index contributed by atoms with van der Waals surface area (Å²) in [4.78, 5) is 15.2. The minimum absolute atomic E-state index is 0.0263. The van der Waals surface area contributed by atoms with Gasteiger partial charge in [-0.1, -0.05) is 31.2 Å². The third kappa shape index (κ3) is 4.66. The van der Waals surface area contributed by atoms with E-state index in [2.05, 4.69) is 22.2 Å². The zero-order valence-corrected chi connectivity index (χ0v) is 16.7. The maximum Gasteiger partial charge on any atom is 0.303 e. The monoisotopic (exact) mass is 401 g/mol. The summed E-state index contributed by atoms with van der Waals surface area (Å²) in [7, 11) is 0. The molecule has 0 amide bonds. The zero-order chi connectivity index (χ0) is 20.9. The number of hydrogen-bond donors (Lipinski definition) is 1. The van der Waals surface area contributed by atoms with Gasteiger partial charge in [-0.15, -0.1) is 0 Å². The van der Waals surface area contributed by atoms with Gasteiger partial charge in [0.15, 0.2) is 0 Å². The van der Waals surface area contributed by atoms with E-state index in [-0.39, 0.29) is 12.3 Å². The van der Waals surface area contributed by atoms with Crippen LogP contribution in [0.1, 0.15) is 36.1 Å². The van der Waals surface area contributed by atoms with E-state index in [1.807, 2.05) is 66.3 Å². The molecule has 152 valence electrons. The summed E-state index contributed by atoms with van der Waals surface area (Å²) in [6.45, 7) is 2.99. The molecule has 1 N–H and O–H groups in total. The fourth-order valence-corrected chi connectivity index (χ4v) is 3.44. The summed E-state index contributed by atoms with van der Waals surface area (Å²) >= 11 is 0. The molecule has 0 bridgehead atoms. The number of carboxylic acid groups (broad SMARTS) is 1. The Bertz CT molecular complexity index is 1140. The molecular formula is C24H23N3O3. The largest absolute Gasteiger partial charge is 0.489 e. The van der Waals surface area contributed by atoms with Crippen LogP contribution in [0.5, 0.6) is 5.75 Å². The summed E-state index contributed by atoms with van der Waals surface area (Å²) in [5.74, 6) is -0.0598. The Morgan fingerprint density at radius 3 is 2.70 bits per heavy atom. The van der Waals surface area contributed by atoms with Crippen LogP contribution < -0.4 is 4.74 Å². The average Bonchev–Trinajstić information content (AvgIpc) is 3.15. The standard InChI is InChI=1S/C24H23N3O3/c1-17(12-24(28)29)19-6-8-22(9-7-19)30-16-18-5-10-23-20(13-18)14-26-27(23)15-21-4-2-3-11-25-21/h2-11,13-14,17H,12,15-16H2,1H3,(H,28,29)/t17-/m0/s1. The van der Waals surface area contributed by atoms with Gasteiger partial charge < -0.3 is 9.84 Å². The maximum atomic E-state index is 10.9. The lowest BCUT2D eigenvalue weighted by atomic mass is 9.98. The number of hydrogen-bond acceptors (Lipinski definition) is 4. The number of fused-ring (bicyclic) bond motifs is 1. The molecule has 0 aliphatic rings. The highest BCUT2D eigenvalue weighted by atomic mass is 16.5. The molecule has 0 aliphatic carbocycles. The lowest BCUT2D eigenvalue weighted by Gasteiger charge is -2.11. The van der Waals surface area contributed by atoms with E-state index in [0.717, 1.165) is 33.5 Å². The molecule has 0 saturated heterocycles. The number of benzene rings is 2. The van der Waals surface area contributed by atoms with Crippen molar-refractivity contribution in [3.63, 3.8) is 0 Å². The van der Waals surface area contributed by atoms with E-state index < -0.39 is 5.97 Å². The number of rotatable bonds is 8. The fraction of sp³-hybridized carbons (Fsp3) is 0.208. The summed E-state index contributed by atoms with van der Waals surface area (Å²) < 4.78 is 7.85. The number of aromatic nitrogens is 3. The number of aliphatic carboxylic acids is 1. The smallest absolute Gasteiger partial charge is 0.303 e. The van der Waals surface area contributed by atoms with Gasteiger partial charge in [0.05, 0.1) is 30.4 Å². The molecule has 4 aromatic rings. The van der Waals surface area contributed by atoms with Gasteiger partial charge in [0.25, 0.3) is 0 Å². The van der Waals surface area contributed by atoms with Crippen LogP contribution in [0.25, 0.3) is 10.9 Å². The van der Waals surface area contributed by atoms with Gasteiger partial charge >= 0.3 is 5.97 Å². The molecule has 4 rings (SSSR count). The van der Waals surface area contributed by atoms with Gasteiger partial charge in [0.1, 0.15) is 12.4 Å². The zero-order valence-electron chi connectivity index (χ0n) is 16.7. The molecule has 2 aromatic heterocycles. The second kappa shape index (κ2) is 8.78. The van der Waals surface area contributed by atoms with Gasteiger partial charge in [-0.2, -0.15) is 5.10 Å². The van der Waals surface area contributed by atoms with Crippen LogP contribution in [0, 0.1) is 0 Å². The van der Waals surface area contributed by atoms with E-state index in [9.17, 15) is 4.79 Å². The van der Waals surface area contributed by atoms with E-state index >= 15 is 0 Å². The van der Waals surface area contributed by atoms with Crippen molar-refractivity contribution in [3.05, 3.63) is 89.9 Å². The maximum absolute atomic E-state index is 10.9. The summed E-state index contributed by atoms with van der Waals surface area (Å²) in [5, 5.41) is 14.5. The van der Waals surface area contributed by atoms with Crippen LogP contribution in [0.3, 0.4) is 0 Å². The van der Waals surface area contributed by atoms with Crippen molar-refractivity contribution in [2.75, 3.05) is 0 Å². The van der Waals surface area contributed by atoms with Gasteiger partial charge in [0.2, 0.25) is 0 Å². The van der Waals surface area contributed by atoms with Crippen LogP contribution >= 0.6 is 0 Å². The number of nitrogens with zero attached hydrogens (tertiary/aromatic N) is 3. The summed E-state index contributed by atoms with van der Waals surface area (Å²) in [6.07, 6.45) is 3.77. The Labute approximate surface area is 174 Å². The predicted molar refractivity (Wildman–Crippen MR) is 115 cm³/mol. The van der Waals surface area contributed by atoms with Crippen LogP contribution in [-0.2, 0) is 17.9 Å². The molecule has 2 aromatic carbocycles. The van der Waals surface area contributed by atoms with Gasteiger partial charge in [0, 0.05) is 11.6 Å². The van der Waals surface area contributed by atoms with Crippen molar-refractivity contribution >= 4 is 16.9 Å². The molecule has 0 saturated carbocycles. The topological polar surface area (TPSA) is 77.2 Å². The van der Waals surface area contributed by atoms with Crippen molar-refractivity contribution in [2.45, 2.75) is 32.4 Å².